The lowest BCUT2D eigenvalue weighted by atomic mass is 10.1. The first-order chi connectivity index (χ1) is 6.20. The van der Waals surface area contributed by atoms with Gasteiger partial charge in [0.1, 0.15) is 5.76 Å². The molecule has 0 spiro atoms. The van der Waals surface area contributed by atoms with Crippen molar-refractivity contribution in [1.29, 1.82) is 0 Å². The number of aliphatic hydroxyl groups is 1. The van der Waals surface area contributed by atoms with Gasteiger partial charge in [-0.1, -0.05) is 18.2 Å². The quantitative estimate of drug-likeness (QED) is 0.702. The Bertz CT molecular complexity index is 376. The molecule has 0 aromatic carbocycles. The van der Waals surface area contributed by atoms with Crippen molar-refractivity contribution < 1.29 is 9.84 Å². The molecule has 1 aromatic rings. The van der Waals surface area contributed by atoms with Crippen LogP contribution in [0.3, 0.4) is 0 Å². The van der Waals surface area contributed by atoms with Crippen LogP contribution in [-0.4, -0.2) is 16.7 Å². The van der Waals surface area contributed by atoms with Gasteiger partial charge >= 0.3 is 0 Å². The molecular weight excluding hydrogens is 190 g/mol. The van der Waals surface area contributed by atoms with Crippen molar-refractivity contribution in [2.75, 3.05) is 6.61 Å². The van der Waals surface area contributed by atoms with Gasteiger partial charge in [-0.25, -0.2) is 4.98 Å². The molecule has 68 valence electrons. The average molecular weight is 198 g/mol. The minimum absolute atomic E-state index is 0.0332. The Morgan fingerprint density at radius 3 is 3.15 bits per heavy atom. The van der Waals surface area contributed by atoms with Crippen LogP contribution in [-0.2, 0) is 6.42 Å². The number of pyridine rings is 1. The number of hydrogen-bond donors (Lipinski definition) is 1. The number of aromatic nitrogens is 1. The van der Waals surface area contributed by atoms with Gasteiger partial charge in [-0.15, -0.1) is 0 Å². The van der Waals surface area contributed by atoms with Crippen molar-refractivity contribution in [3.8, 4) is 5.88 Å². The van der Waals surface area contributed by atoms with Crippen LogP contribution in [0.4, 0.5) is 0 Å². The molecule has 0 atom stereocenters. The summed E-state index contributed by atoms with van der Waals surface area (Å²) in [6.45, 7) is 4.04. The summed E-state index contributed by atoms with van der Waals surface area (Å²) in [7, 11) is 0. The van der Waals surface area contributed by atoms with E-state index in [0.29, 0.717) is 23.1 Å². The molecule has 0 saturated carbocycles. The van der Waals surface area contributed by atoms with E-state index < -0.39 is 0 Å². The third-order valence-electron chi connectivity index (χ3n) is 1.97. The molecule has 0 fully saturated rings. The third-order valence-corrected chi connectivity index (χ3v) is 2.26. The van der Waals surface area contributed by atoms with E-state index in [-0.39, 0.29) is 5.76 Å². The van der Waals surface area contributed by atoms with Gasteiger partial charge in [-0.05, 0) is 0 Å². The molecule has 0 unspecified atom stereocenters. The van der Waals surface area contributed by atoms with Crippen molar-refractivity contribution in [3.63, 3.8) is 0 Å². The molecule has 1 aliphatic heterocycles. The van der Waals surface area contributed by atoms with Gasteiger partial charge in [0.25, 0.3) is 0 Å². The first-order valence-corrected chi connectivity index (χ1v) is 4.26. The SMILES string of the molecule is C=C(O)c1c(Cl)cnc2c1CCO2. The van der Waals surface area contributed by atoms with Gasteiger partial charge in [0.05, 0.1) is 17.8 Å². The minimum Gasteiger partial charge on any atom is -0.508 e. The predicted molar refractivity (Wildman–Crippen MR) is 50.1 cm³/mol. The summed E-state index contributed by atoms with van der Waals surface area (Å²) >= 11 is 5.86. The standard InChI is InChI=1S/C9H8ClNO2/c1-5(12)8-6-2-3-13-9(6)11-4-7(8)10/h4,12H,1-3H2. The molecule has 4 heteroatoms. The van der Waals surface area contributed by atoms with Crippen LogP contribution < -0.4 is 4.74 Å². The fourth-order valence-corrected chi connectivity index (χ4v) is 1.70. The van der Waals surface area contributed by atoms with Gasteiger partial charge in [-0.3, -0.25) is 0 Å². The Kier molecular flexibility index (Phi) is 1.88. The Labute approximate surface area is 80.6 Å². The van der Waals surface area contributed by atoms with E-state index in [2.05, 4.69) is 11.6 Å². The van der Waals surface area contributed by atoms with E-state index in [4.69, 9.17) is 16.3 Å². The van der Waals surface area contributed by atoms with E-state index in [1.165, 1.54) is 6.20 Å². The molecule has 3 nitrogen and oxygen atoms in total. The fraction of sp³-hybridized carbons (Fsp3) is 0.222. The predicted octanol–water partition coefficient (Wildman–Crippen LogP) is 2.20. The number of aliphatic hydroxyl groups excluding tert-OH is 1. The topological polar surface area (TPSA) is 42.4 Å². The molecule has 0 radical (unpaired) electrons. The monoisotopic (exact) mass is 197 g/mol. The number of hydrogen-bond acceptors (Lipinski definition) is 3. The maximum atomic E-state index is 9.31. The van der Waals surface area contributed by atoms with Crippen molar-refractivity contribution in [2.45, 2.75) is 6.42 Å². The van der Waals surface area contributed by atoms with Gasteiger partial charge < -0.3 is 9.84 Å². The van der Waals surface area contributed by atoms with Gasteiger partial charge in [0.15, 0.2) is 0 Å². The Morgan fingerprint density at radius 2 is 2.46 bits per heavy atom. The first-order valence-electron chi connectivity index (χ1n) is 3.88. The largest absolute Gasteiger partial charge is 0.508 e. The van der Waals surface area contributed by atoms with Crippen LogP contribution in [0.5, 0.6) is 5.88 Å². The first kappa shape index (κ1) is 8.38. The minimum atomic E-state index is -0.0332. The van der Waals surface area contributed by atoms with Crippen LogP contribution >= 0.6 is 11.6 Å². The second-order valence-electron chi connectivity index (χ2n) is 2.81. The fourth-order valence-electron chi connectivity index (χ4n) is 1.43. The summed E-state index contributed by atoms with van der Waals surface area (Å²) in [5.74, 6) is 0.517. The van der Waals surface area contributed by atoms with Crippen LogP contribution in [0.2, 0.25) is 5.02 Å². The number of ether oxygens (including phenoxy) is 1. The molecule has 2 heterocycles. The molecule has 1 aliphatic rings. The molecule has 13 heavy (non-hydrogen) atoms. The molecule has 2 rings (SSSR count). The zero-order chi connectivity index (χ0) is 9.42. The highest BCUT2D eigenvalue weighted by Crippen LogP contribution is 2.33. The normalized spacial score (nSPS) is 13.6. The second kappa shape index (κ2) is 2.92. The lowest BCUT2D eigenvalue weighted by Gasteiger charge is -2.06. The molecule has 1 N–H and O–H groups in total. The number of fused-ring (bicyclic) bond motifs is 1. The summed E-state index contributed by atoms with van der Waals surface area (Å²) in [4.78, 5) is 4.00. The molecule has 0 amide bonds. The summed E-state index contributed by atoms with van der Waals surface area (Å²) in [6, 6.07) is 0. The van der Waals surface area contributed by atoms with Crippen molar-refractivity contribution >= 4 is 17.4 Å². The summed E-state index contributed by atoms with van der Waals surface area (Å²) in [5, 5.41) is 9.72. The zero-order valence-corrected chi connectivity index (χ0v) is 7.64. The van der Waals surface area contributed by atoms with E-state index in [1.807, 2.05) is 0 Å². The highest BCUT2D eigenvalue weighted by Gasteiger charge is 2.21. The zero-order valence-electron chi connectivity index (χ0n) is 6.88. The lowest BCUT2D eigenvalue weighted by Crippen LogP contribution is -1.92. The summed E-state index contributed by atoms with van der Waals surface area (Å²) in [5.41, 5.74) is 1.41. The average Bonchev–Trinajstić information content (AvgIpc) is 2.50. The third kappa shape index (κ3) is 1.25. The molecule has 0 bridgehead atoms. The van der Waals surface area contributed by atoms with Crippen molar-refractivity contribution in [2.24, 2.45) is 0 Å². The highest BCUT2D eigenvalue weighted by atomic mass is 35.5. The van der Waals surface area contributed by atoms with Gasteiger partial charge in [0.2, 0.25) is 5.88 Å². The smallest absolute Gasteiger partial charge is 0.217 e. The van der Waals surface area contributed by atoms with Crippen molar-refractivity contribution in [3.05, 3.63) is 28.9 Å². The van der Waals surface area contributed by atoms with E-state index in [1.54, 1.807) is 0 Å². The number of nitrogens with zero attached hydrogens (tertiary/aromatic N) is 1. The molecule has 1 aromatic heterocycles. The second-order valence-corrected chi connectivity index (χ2v) is 3.22. The molecule has 0 saturated heterocycles. The summed E-state index contributed by atoms with van der Waals surface area (Å²) < 4.78 is 5.22. The number of halogens is 1. The van der Waals surface area contributed by atoms with Crippen LogP contribution in [0, 0.1) is 0 Å². The van der Waals surface area contributed by atoms with Gasteiger partial charge in [0, 0.05) is 17.5 Å². The highest BCUT2D eigenvalue weighted by molar-refractivity contribution is 6.32. The van der Waals surface area contributed by atoms with E-state index in [9.17, 15) is 5.11 Å². The van der Waals surface area contributed by atoms with Crippen LogP contribution in [0.25, 0.3) is 5.76 Å². The van der Waals surface area contributed by atoms with Crippen LogP contribution in [0.1, 0.15) is 11.1 Å². The van der Waals surface area contributed by atoms with Gasteiger partial charge in [-0.2, -0.15) is 0 Å². The van der Waals surface area contributed by atoms with E-state index in [0.717, 1.165) is 12.0 Å². The van der Waals surface area contributed by atoms with Crippen LogP contribution in [0.15, 0.2) is 12.8 Å². The molecule has 0 aliphatic carbocycles. The Balaban J connectivity index is 2.65. The van der Waals surface area contributed by atoms with Crippen molar-refractivity contribution in [1.82, 2.24) is 4.98 Å². The number of rotatable bonds is 1. The lowest BCUT2D eigenvalue weighted by molar-refractivity contribution is 0.345. The summed E-state index contributed by atoms with van der Waals surface area (Å²) in [6.07, 6.45) is 2.18. The maximum absolute atomic E-state index is 9.31. The Hall–Kier alpha value is -1.22. The Morgan fingerprint density at radius 1 is 1.69 bits per heavy atom. The van der Waals surface area contributed by atoms with E-state index >= 15 is 0 Å². The molecular formula is C9H8ClNO2. The maximum Gasteiger partial charge on any atom is 0.217 e.